The maximum atomic E-state index is 12.7. The van der Waals surface area contributed by atoms with E-state index in [0.29, 0.717) is 11.1 Å². The highest BCUT2D eigenvalue weighted by atomic mass is 16.1. The standard InChI is InChI=1S/C19H18N2O2/c1-12(21-15-7-5-6-14(10-15)13(2)22)19(23)17-11-20-18-9-4-3-8-16(17)18/h3-12,20-21H,1-2H3/t12-/m0/s1. The number of Topliss-reactive ketones (excluding diaryl/α,β-unsaturated/α-hetero) is 2. The lowest BCUT2D eigenvalue weighted by atomic mass is 10.0. The van der Waals surface area contributed by atoms with Crippen molar-refractivity contribution in [2.75, 3.05) is 5.32 Å². The Morgan fingerprint density at radius 1 is 1.09 bits per heavy atom. The molecule has 1 aromatic heterocycles. The van der Waals surface area contributed by atoms with Gasteiger partial charge in [0.05, 0.1) is 6.04 Å². The fraction of sp³-hybridized carbons (Fsp3) is 0.158. The molecule has 4 heteroatoms. The van der Waals surface area contributed by atoms with Crippen molar-refractivity contribution in [3.63, 3.8) is 0 Å². The average molecular weight is 306 g/mol. The highest BCUT2D eigenvalue weighted by Crippen LogP contribution is 2.20. The monoisotopic (exact) mass is 306 g/mol. The summed E-state index contributed by atoms with van der Waals surface area (Å²) in [4.78, 5) is 27.3. The molecule has 0 aliphatic heterocycles. The number of anilines is 1. The number of nitrogens with one attached hydrogen (secondary N) is 2. The van der Waals surface area contributed by atoms with Gasteiger partial charge >= 0.3 is 0 Å². The molecule has 0 saturated heterocycles. The Bertz CT molecular complexity index is 880. The van der Waals surface area contributed by atoms with Crippen molar-refractivity contribution in [1.29, 1.82) is 0 Å². The zero-order valence-electron chi connectivity index (χ0n) is 13.1. The van der Waals surface area contributed by atoms with Gasteiger partial charge in [0, 0.05) is 33.9 Å². The minimum absolute atomic E-state index is 0.00394. The van der Waals surface area contributed by atoms with E-state index >= 15 is 0 Å². The van der Waals surface area contributed by atoms with Crippen molar-refractivity contribution in [2.45, 2.75) is 19.9 Å². The molecule has 2 N–H and O–H groups in total. The number of para-hydroxylation sites is 1. The Kier molecular flexibility index (Phi) is 3.98. The van der Waals surface area contributed by atoms with Crippen LogP contribution in [0.4, 0.5) is 5.69 Å². The highest BCUT2D eigenvalue weighted by Gasteiger charge is 2.18. The molecule has 1 atom stereocenters. The van der Waals surface area contributed by atoms with E-state index in [-0.39, 0.29) is 11.6 Å². The SMILES string of the molecule is CC(=O)c1cccc(N[C@@H](C)C(=O)c2c[nH]c3ccccc23)c1. The van der Waals surface area contributed by atoms with Gasteiger partial charge in [-0.25, -0.2) is 0 Å². The molecular weight excluding hydrogens is 288 g/mol. The van der Waals surface area contributed by atoms with Crippen LogP contribution in [0.15, 0.2) is 54.7 Å². The van der Waals surface area contributed by atoms with Crippen molar-refractivity contribution in [3.05, 3.63) is 65.9 Å². The number of ketones is 2. The summed E-state index contributed by atoms with van der Waals surface area (Å²) in [6, 6.07) is 14.5. The first-order valence-corrected chi connectivity index (χ1v) is 7.54. The van der Waals surface area contributed by atoms with E-state index in [9.17, 15) is 9.59 Å². The van der Waals surface area contributed by atoms with Crippen LogP contribution in [0.25, 0.3) is 10.9 Å². The number of fused-ring (bicyclic) bond motifs is 1. The molecule has 3 rings (SSSR count). The number of rotatable bonds is 5. The van der Waals surface area contributed by atoms with Gasteiger partial charge in [0.1, 0.15) is 0 Å². The molecule has 0 radical (unpaired) electrons. The molecule has 0 spiro atoms. The zero-order chi connectivity index (χ0) is 16.4. The lowest BCUT2D eigenvalue weighted by molar-refractivity contribution is 0.0976. The molecule has 0 amide bonds. The van der Waals surface area contributed by atoms with Crippen LogP contribution in [0.2, 0.25) is 0 Å². The van der Waals surface area contributed by atoms with Crippen LogP contribution in [-0.2, 0) is 0 Å². The van der Waals surface area contributed by atoms with E-state index in [4.69, 9.17) is 0 Å². The van der Waals surface area contributed by atoms with Crippen molar-refractivity contribution >= 4 is 28.2 Å². The van der Waals surface area contributed by atoms with Crippen LogP contribution in [-0.4, -0.2) is 22.6 Å². The predicted octanol–water partition coefficient (Wildman–Crippen LogP) is 4.05. The van der Waals surface area contributed by atoms with E-state index in [1.54, 1.807) is 18.3 Å². The number of hydrogen-bond acceptors (Lipinski definition) is 3. The molecule has 23 heavy (non-hydrogen) atoms. The maximum absolute atomic E-state index is 12.7. The van der Waals surface area contributed by atoms with Gasteiger partial charge in [-0.2, -0.15) is 0 Å². The molecule has 0 aliphatic rings. The summed E-state index contributed by atoms with van der Waals surface area (Å²) in [5.74, 6) is 0.0138. The predicted molar refractivity (Wildman–Crippen MR) is 92.2 cm³/mol. The third kappa shape index (κ3) is 3.01. The quantitative estimate of drug-likeness (QED) is 0.699. The summed E-state index contributed by atoms with van der Waals surface area (Å²) in [7, 11) is 0. The van der Waals surface area contributed by atoms with Crippen molar-refractivity contribution in [2.24, 2.45) is 0 Å². The topological polar surface area (TPSA) is 62.0 Å². The summed E-state index contributed by atoms with van der Waals surface area (Å²) < 4.78 is 0. The van der Waals surface area contributed by atoms with Crippen LogP contribution < -0.4 is 5.32 Å². The lowest BCUT2D eigenvalue weighted by Crippen LogP contribution is -2.26. The summed E-state index contributed by atoms with van der Waals surface area (Å²) in [6.45, 7) is 3.35. The van der Waals surface area contributed by atoms with Crippen molar-refractivity contribution < 1.29 is 9.59 Å². The van der Waals surface area contributed by atoms with Gasteiger partial charge in [0.15, 0.2) is 11.6 Å². The summed E-state index contributed by atoms with van der Waals surface area (Å²) in [5, 5.41) is 4.09. The minimum atomic E-state index is -0.392. The molecule has 3 aromatic rings. The van der Waals surface area contributed by atoms with Gasteiger partial charge in [-0.05, 0) is 32.0 Å². The Morgan fingerprint density at radius 2 is 1.87 bits per heavy atom. The summed E-state index contributed by atoms with van der Waals surface area (Å²) in [5.41, 5.74) is 3.00. The van der Waals surface area contributed by atoms with Crippen LogP contribution in [0.1, 0.15) is 34.6 Å². The normalized spacial score (nSPS) is 12.1. The molecule has 0 fully saturated rings. The van der Waals surface area contributed by atoms with E-state index in [2.05, 4.69) is 10.3 Å². The van der Waals surface area contributed by atoms with E-state index in [1.807, 2.05) is 43.3 Å². The number of aromatic amines is 1. The first kappa shape index (κ1) is 15.0. The van der Waals surface area contributed by atoms with Crippen molar-refractivity contribution in [1.82, 2.24) is 4.98 Å². The number of H-pyrrole nitrogens is 1. The van der Waals surface area contributed by atoms with E-state index in [0.717, 1.165) is 16.6 Å². The second kappa shape index (κ2) is 6.08. The average Bonchev–Trinajstić information content (AvgIpc) is 2.98. The highest BCUT2D eigenvalue weighted by molar-refractivity contribution is 6.11. The Balaban J connectivity index is 1.83. The minimum Gasteiger partial charge on any atom is -0.375 e. The fourth-order valence-corrected chi connectivity index (χ4v) is 2.65. The summed E-state index contributed by atoms with van der Waals surface area (Å²) >= 11 is 0. The van der Waals surface area contributed by atoms with E-state index in [1.165, 1.54) is 6.92 Å². The second-order valence-corrected chi connectivity index (χ2v) is 5.62. The first-order valence-electron chi connectivity index (χ1n) is 7.54. The second-order valence-electron chi connectivity index (χ2n) is 5.62. The Hall–Kier alpha value is -2.88. The lowest BCUT2D eigenvalue weighted by Gasteiger charge is -2.14. The Labute approximate surface area is 134 Å². The van der Waals surface area contributed by atoms with E-state index < -0.39 is 6.04 Å². The number of carbonyl (C=O) groups excluding carboxylic acids is 2. The third-order valence-corrected chi connectivity index (χ3v) is 3.90. The van der Waals surface area contributed by atoms with Crippen LogP contribution in [0.5, 0.6) is 0 Å². The maximum Gasteiger partial charge on any atom is 0.186 e. The van der Waals surface area contributed by atoms with Gasteiger partial charge in [-0.15, -0.1) is 0 Å². The molecular formula is C19H18N2O2. The molecule has 0 unspecified atom stereocenters. The smallest absolute Gasteiger partial charge is 0.186 e. The van der Waals surface area contributed by atoms with Crippen LogP contribution >= 0.6 is 0 Å². The van der Waals surface area contributed by atoms with Gasteiger partial charge in [-0.1, -0.05) is 30.3 Å². The van der Waals surface area contributed by atoms with Gasteiger partial charge < -0.3 is 10.3 Å². The molecule has 4 nitrogen and oxygen atoms in total. The molecule has 1 heterocycles. The first-order chi connectivity index (χ1) is 11.1. The largest absolute Gasteiger partial charge is 0.375 e. The third-order valence-electron chi connectivity index (χ3n) is 3.90. The number of benzene rings is 2. The van der Waals surface area contributed by atoms with Crippen molar-refractivity contribution in [3.8, 4) is 0 Å². The van der Waals surface area contributed by atoms with Crippen LogP contribution in [0.3, 0.4) is 0 Å². The summed E-state index contributed by atoms with van der Waals surface area (Å²) in [6.07, 6.45) is 1.75. The fourth-order valence-electron chi connectivity index (χ4n) is 2.65. The number of carbonyl (C=O) groups is 2. The molecule has 0 bridgehead atoms. The molecule has 2 aromatic carbocycles. The van der Waals surface area contributed by atoms with Gasteiger partial charge in [0.25, 0.3) is 0 Å². The molecule has 0 aliphatic carbocycles. The number of hydrogen-bond donors (Lipinski definition) is 2. The van der Waals surface area contributed by atoms with Gasteiger partial charge in [-0.3, -0.25) is 9.59 Å². The zero-order valence-corrected chi connectivity index (χ0v) is 13.1. The Morgan fingerprint density at radius 3 is 2.65 bits per heavy atom. The molecule has 116 valence electrons. The van der Waals surface area contributed by atoms with Crippen LogP contribution in [0, 0.1) is 0 Å². The molecule has 0 saturated carbocycles. The number of aromatic nitrogens is 1. The van der Waals surface area contributed by atoms with Gasteiger partial charge in [0.2, 0.25) is 0 Å².